The molecule has 106 valence electrons. The number of carbonyl (C=O) groups excluding carboxylic acids is 1. The van der Waals surface area contributed by atoms with Crippen molar-refractivity contribution >= 4 is 13.5 Å². The largest absolute Gasteiger partial charge is 0.380 e. The molecular formula is C16H26O2Si. The number of hydrogen-bond donors (Lipinski definition) is 0. The van der Waals surface area contributed by atoms with Crippen LogP contribution in [0.2, 0.25) is 19.6 Å². The summed E-state index contributed by atoms with van der Waals surface area (Å²) in [6.07, 6.45) is -0.0541. The molecule has 0 aromatic heterocycles. The lowest BCUT2D eigenvalue weighted by Crippen LogP contribution is -2.44. The zero-order chi connectivity index (χ0) is 14.6. The van der Waals surface area contributed by atoms with E-state index in [-0.39, 0.29) is 12.0 Å². The van der Waals surface area contributed by atoms with E-state index in [1.165, 1.54) is 0 Å². The van der Waals surface area contributed by atoms with Crippen LogP contribution in [0.5, 0.6) is 0 Å². The number of ether oxygens (including phenoxy) is 1. The Morgan fingerprint density at radius 2 is 1.63 bits per heavy atom. The van der Waals surface area contributed by atoms with Crippen LogP contribution in [0.1, 0.15) is 25.3 Å². The topological polar surface area (TPSA) is 26.3 Å². The normalized spacial score (nSPS) is 15.3. The van der Waals surface area contributed by atoms with E-state index in [2.05, 4.69) is 33.5 Å². The van der Waals surface area contributed by atoms with Crippen LogP contribution < -0.4 is 0 Å². The van der Waals surface area contributed by atoms with Gasteiger partial charge in [0.1, 0.15) is 13.5 Å². The second-order valence-corrected chi connectivity index (χ2v) is 11.4. The third-order valence-electron chi connectivity index (χ3n) is 3.44. The van der Waals surface area contributed by atoms with Gasteiger partial charge in [-0.15, -0.1) is 0 Å². The molecule has 0 aliphatic rings. The van der Waals surface area contributed by atoms with Crippen LogP contribution in [0.3, 0.4) is 0 Å². The van der Waals surface area contributed by atoms with Crippen molar-refractivity contribution in [3.8, 4) is 0 Å². The average Bonchev–Trinajstić information content (AvgIpc) is 2.34. The first kappa shape index (κ1) is 16.1. The molecule has 0 amide bonds. The van der Waals surface area contributed by atoms with Gasteiger partial charge in [-0.05, 0) is 11.5 Å². The highest BCUT2D eigenvalue weighted by Crippen LogP contribution is 2.30. The fourth-order valence-electron chi connectivity index (χ4n) is 2.41. The predicted molar refractivity (Wildman–Crippen MR) is 83.2 cm³/mol. The number of rotatable bonds is 6. The zero-order valence-electron chi connectivity index (χ0n) is 12.9. The van der Waals surface area contributed by atoms with Crippen molar-refractivity contribution in [2.45, 2.75) is 45.5 Å². The van der Waals surface area contributed by atoms with Crippen LogP contribution in [-0.4, -0.2) is 26.7 Å². The van der Waals surface area contributed by atoms with Crippen LogP contribution >= 0.6 is 0 Å². The Morgan fingerprint density at radius 1 is 1.11 bits per heavy atom. The summed E-state index contributed by atoms with van der Waals surface area (Å²) in [5, 5.41) is 0.374. The van der Waals surface area contributed by atoms with E-state index in [1.807, 2.05) is 30.3 Å². The molecule has 0 saturated heterocycles. The summed E-state index contributed by atoms with van der Waals surface area (Å²) in [5.41, 5.74) is 1.08. The van der Waals surface area contributed by atoms with E-state index in [0.29, 0.717) is 11.3 Å². The van der Waals surface area contributed by atoms with Gasteiger partial charge in [-0.25, -0.2) is 0 Å². The minimum absolute atomic E-state index is 0.0541. The lowest BCUT2D eigenvalue weighted by atomic mass is 9.88. The van der Waals surface area contributed by atoms with Crippen LogP contribution in [0, 0.1) is 5.92 Å². The summed E-state index contributed by atoms with van der Waals surface area (Å²) < 4.78 is 5.65. The zero-order valence-corrected chi connectivity index (χ0v) is 13.9. The summed E-state index contributed by atoms with van der Waals surface area (Å²) >= 11 is 0. The molecule has 0 fully saturated rings. The second-order valence-electron chi connectivity index (χ2n) is 6.45. The maximum atomic E-state index is 12.9. The van der Waals surface area contributed by atoms with Crippen LogP contribution in [0.25, 0.3) is 0 Å². The molecule has 3 heteroatoms. The van der Waals surface area contributed by atoms with Gasteiger partial charge >= 0.3 is 0 Å². The fraction of sp³-hybridized carbons (Fsp3) is 0.562. The quantitative estimate of drug-likeness (QED) is 0.738. The summed E-state index contributed by atoms with van der Waals surface area (Å²) in [6.45, 7) is 10.6. The van der Waals surface area contributed by atoms with Gasteiger partial charge in [0.15, 0.2) is 0 Å². The van der Waals surface area contributed by atoms with E-state index in [1.54, 1.807) is 7.11 Å². The maximum Gasteiger partial charge on any atom is 0.124 e. The summed E-state index contributed by atoms with van der Waals surface area (Å²) in [5.74, 6) is 0.174. The standard InChI is InChI=1S/C16H26O2Si/c1-12(2)15(18-3)14(16(17)19(4,5)6)13-10-8-7-9-11-13/h7-12,14-15H,1-6H3/t14-,15-/m0/s1. The SMILES string of the molecule is CO[C@@H](C(C)C)[C@@H](C(=O)[Si](C)(C)C)c1ccccc1. The van der Waals surface area contributed by atoms with Gasteiger partial charge in [0, 0.05) is 7.11 Å². The molecule has 19 heavy (non-hydrogen) atoms. The van der Waals surface area contributed by atoms with E-state index in [0.717, 1.165) is 5.56 Å². The molecule has 1 rings (SSSR count). The lowest BCUT2D eigenvalue weighted by Gasteiger charge is -2.32. The summed E-state index contributed by atoms with van der Waals surface area (Å²) in [6, 6.07) is 10.0. The Hall–Kier alpha value is -0.933. The van der Waals surface area contributed by atoms with E-state index in [9.17, 15) is 4.79 Å². The molecule has 0 unspecified atom stereocenters. The van der Waals surface area contributed by atoms with Crippen molar-refractivity contribution in [3.05, 3.63) is 35.9 Å². The van der Waals surface area contributed by atoms with E-state index < -0.39 is 8.07 Å². The van der Waals surface area contributed by atoms with E-state index in [4.69, 9.17) is 4.74 Å². The highest BCUT2D eigenvalue weighted by atomic mass is 28.3. The number of hydrogen-bond acceptors (Lipinski definition) is 2. The average molecular weight is 278 g/mol. The summed E-state index contributed by atoms with van der Waals surface area (Å²) in [7, 11) is -0.144. The summed E-state index contributed by atoms with van der Waals surface area (Å²) in [4.78, 5) is 12.9. The highest BCUT2D eigenvalue weighted by Gasteiger charge is 2.38. The van der Waals surface area contributed by atoms with Crippen LogP contribution in [-0.2, 0) is 9.53 Å². The molecule has 0 aliphatic heterocycles. The van der Waals surface area contributed by atoms with Crippen molar-refractivity contribution in [2.24, 2.45) is 5.92 Å². The minimum Gasteiger partial charge on any atom is -0.380 e. The van der Waals surface area contributed by atoms with E-state index >= 15 is 0 Å². The van der Waals surface area contributed by atoms with Crippen molar-refractivity contribution in [1.29, 1.82) is 0 Å². The predicted octanol–water partition coefficient (Wildman–Crippen LogP) is 3.89. The van der Waals surface area contributed by atoms with Gasteiger partial charge in [0.05, 0.1) is 12.0 Å². The van der Waals surface area contributed by atoms with Gasteiger partial charge in [0.2, 0.25) is 0 Å². The molecule has 0 saturated carbocycles. The Balaban J connectivity index is 3.22. The first-order chi connectivity index (χ1) is 8.79. The monoisotopic (exact) mass is 278 g/mol. The van der Waals surface area contributed by atoms with Gasteiger partial charge in [-0.2, -0.15) is 0 Å². The number of methoxy groups -OCH3 is 1. The Kier molecular flexibility index (Phi) is 5.50. The van der Waals surface area contributed by atoms with Gasteiger partial charge in [-0.3, -0.25) is 0 Å². The molecule has 0 N–H and O–H groups in total. The van der Waals surface area contributed by atoms with Crippen molar-refractivity contribution < 1.29 is 9.53 Å². The van der Waals surface area contributed by atoms with Crippen molar-refractivity contribution in [1.82, 2.24) is 0 Å². The molecule has 0 aliphatic carbocycles. The minimum atomic E-state index is -1.85. The number of benzene rings is 1. The van der Waals surface area contributed by atoms with Gasteiger partial charge < -0.3 is 9.53 Å². The van der Waals surface area contributed by atoms with Crippen molar-refractivity contribution in [2.75, 3.05) is 7.11 Å². The first-order valence-electron chi connectivity index (χ1n) is 6.91. The highest BCUT2D eigenvalue weighted by molar-refractivity contribution is 7.04. The molecule has 0 spiro atoms. The Labute approximate surface area is 118 Å². The second kappa shape index (κ2) is 6.48. The molecular weight excluding hydrogens is 252 g/mol. The molecule has 2 atom stereocenters. The third-order valence-corrected chi connectivity index (χ3v) is 5.23. The number of carbonyl (C=O) groups is 1. The molecule has 0 heterocycles. The van der Waals surface area contributed by atoms with Gasteiger partial charge in [-0.1, -0.05) is 63.8 Å². The first-order valence-corrected chi connectivity index (χ1v) is 10.4. The smallest absolute Gasteiger partial charge is 0.124 e. The fourth-order valence-corrected chi connectivity index (χ4v) is 3.67. The maximum absolute atomic E-state index is 12.9. The van der Waals surface area contributed by atoms with Crippen LogP contribution in [0.4, 0.5) is 0 Å². The molecule has 1 aromatic carbocycles. The third kappa shape index (κ3) is 4.01. The lowest BCUT2D eigenvalue weighted by molar-refractivity contribution is -0.118. The molecule has 2 nitrogen and oxygen atoms in total. The molecule has 1 aromatic rings. The van der Waals surface area contributed by atoms with Crippen molar-refractivity contribution in [3.63, 3.8) is 0 Å². The Bertz CT molecular complexity index is 407. The molecule has 0 radical (unpaired) electrons. The molecule has 0 bridgehead atoms. The van der Waals surface area contributed by atoms with Gasteiger partial charge in [0.25, 0.3) is 0 Å². The Morgan fingerprint density at radius 3 is 2.00 bits per heavy atom. The van der Waals surface area contributed by atoms with Crippen LogP contribution in [0.15, 0.2) is 30.3 Å².